The van der Waals surface area contributed by atoms with Crippen LogP contribution < -0.4 is 0 Å². The Morgan fingerprint density at radius 2 is 1.81 bits per heavy atom. The second-order valence-corrected chi connectivity index (χ2v) is 5.38. The van der Waals surface area contributed by atoms with Crippen LogP contribution in [0.2, 0.25) is 10.0 Å². The van der Waals surface area contributed by atoms with Crippen molar-refractivity contribution >= 4 is 23.2 Å². The number of hydrogen-bond acceptors (Lipinski definition) is 2. The van der Waals surface area contributed by atoms with E-state index in [1.807, 2.05) is 0 Å². The molecule has 0 aliphatic heterocycles. The molecule has 21 heavy (non-hydrogen) atoms. The minimum absolute atomic E-state index is 0.286. The first-order valence-corrected chi connectivity index (χ1v) is 7.63. The summed E-state index contributed by atoms with van der Waals surface area (Å²) < 4.78 is 0. The first kappa shape index (κ1) is 17.9. The maximum atomic E-state index is 9.92. The summed E-state index contributed by atoms with van der Waals surface area (Å²) >= 11 is 11.9. The molecule has 0 aromatic heterocycles. The van der Waals surface area contributed by atoms with Crippen LogP contribution in [0.15, 0.2) is 18.2 Å². The molecule has 0 saturated heterocycles. The van der Waals surface area contributed by atoms with Crippen LogP contribution in [-0.4, -0.2) is 16.3 Å². The van der Waals surface area contributed by atoms with Gasteiger partial charge in [-0.3, -0.25) is 0 Å². The molecule has 0 spiro atoms. The van der Waals surface area contributed by atoms with Crippen LogP contribution in [0.5, 0.6) is 0 Å². The molecular weight excluding hydrogens is 307 g/mol. The SMILES string of the molecule is CCCCCC(O)C#CC#CC(O)c1cccc(Cl)c1Cl. The molecule has 0 radical (unpaired) electrons. The molecule has 0 fully saturated rings. The summed E-state index contributed by atoms with van der Waals surface area (Å²) in [5.74, 6) is 10.3. The van der Waals surface area contributed by atoms with Crippen molar-refractivity contribution in [3.05, 3.63) is 33.8 Å². The summed E-state index contributed by atoms with van der Waals surface area (Å²) in [5, 5.41) is 20.2. The molecule has 4 heteroatoms. The minimum atomic E-state index is -1.05. The van der Waals surface area contributed by atoms with Crippen molar-refractivity contribution in [2.24, 2.45) is 0 Å². The highest BCUT2D eigenvalue weighted by atomic mass is 35.5. The summed E-state index contributed by atoms with van der Waals surface area (Å²) in [6.07, 6.45) is 2.05. The van der Waals surface area contributed by atoms with Gasteiger partial charge in [-0.05, 0) is 30.7 Å². The van der Waals surface area contributed by atoms with Crippen LogP contribution in [0.4, 0.5) is 0 Å². The lowest BCUT2D eigenvalue weighted by Gasteiger charge is -2.06. The third-order valence-corrected chi connectivity index (χ3v) is 3.70. The van der Waals surface area contributed by atoms with Crippen molar-refractivity contribution in [2.75, 3.05) is 0 Å². The maximum absolute atomic E-state index is 9.92. The molecule has 2 unspecified atom stereocenters. The molecule has 0 heterocycles. The fourth-order valence-corrected chi connectivity index (χ4v) is 2.10. The Morgan fingerprint density at radius 1 is 1.10 bits per heavy atom. The second-order valence-electron chi connectivity index (χ2n) is 4.60. The largest absolute Gasteiger partial charge is 0.380 e. The average Bonchev–Trinajstić information content (AvgIpc) is 2.46. The highest BCUT2D eigenvalue weighted by Gasteiger charge is 2.10. The topological polar surface area (TPSA) is 40.5 Å². The highest BCUT2D eigenvalue weighted by Crippen LogP contribution is 2.29. The van der Waals surface area contributed by atoms with E-state index in [-0.39, 0.29) is 5.02 Å². The lowest BCUT2D eigenvalue weighted by Crippen LogP contribution is -2.01. The minimum Gasteiger partial charge on any atom is -0.380 e. The lowest BCUT2D eigenvalue weighted by molar-refractivity contribution is 0.217. The number of unbranched alkanes of at least 4 members (excludes halogenated alkanes) is 2. The Hall–Kier alpha value is -1.16. The Kier molecular flexibility index (Phi) is 8.28. The van der Waals surface area contributed by atoms with Crippen LogP contribution in [-0.2, 0) is 0 Å². The Balaban J connectivity index is 2.60. The zero-order valence-corrected chi connectivity index (χ0v) is 13.4. The van der Waals surface area contributed by atoms with E-state index in [2.05, 4.69) is 30.6 Å². The Morgan fingerprint density at radius 3 is 2.52 bits per heavy atom. The molecule has 0 bridgehead atoms. The summed E-state index contributed by atoms with van der Waals surface area (Å²) in [4.78, 5) is 0. The first-order chi connectivity index (χ1) is 10.1. The van der Waals surface area contributed by atoms with Crippen molar-refractivity contribution in [1.29, 1.82) is 0 Å². The van der Waals surface area contributed by atoms with Gasteiger partial charge in [0.15, 0.2) is 0 Å². The zero-order chi connectivity index (χ0) is 15.7. The van der Waals surface area contributed by atoms with Gasteiger partial charge in [-0.25, -0.2) is 0 Å². The van der Waals surface area contributed by atoms with Crippen molar-refractivity contribution in [2.45, 2.75) is 44.8 Å². The Labute approximate surface area is 136 Å². The molecule has 1 rings (SSSR count). The summed E-state index contributed by atoms with van der Waals surface area (Å²) in [5.41, 5.74) is 0.446. The van der Waals surface area contributed by atoms with Gasteiger partial charge in [0.25, 0.3) is 0 Å². The maximum Gasteiger partial charge on any atom is 0.142 e. The third-order valence-electron chi connectivity index (χ3n) is 2.87. The monoisotopic (exact) mass is 324 g/mol. The molecule has 112 valence electrons. The lowest BCUT2D eigenvalue weighted by atomic mass is 10.1. The van der Waals surface area contributed by atoms with Gasteiger partial charge in [-0.15, -0.1) is 0 Å². The molecule has 0 saturated carbocycles. The van der Waals surface area contributed by atoms with Gasteiger partial charge in [0, 0.05) is 5.56 Å². The number of aliphatic hydroxyl groups excluding tert-OH is 2. The number of benzene rings is 1. The summed E-state index contributed by atoms with van der Waals surface area (Å²) in [7, 11) is 0. The Bertz CT molecular complexity index is 576. The molecule has 0 aliphatic rings. The van der Waals surface area contributed by atoms with Gasteiger partial charge in [0.2, 0.25) is 0 Å². The van der Waals surface area contributed by atoms with Crippen LogP contribution in [0.1, 0.15) is 44.3 Å². The molecule has 2 atom stereocenters. The van der Waals surface area contributed by atoms with Gasteiger partial charge in [-0.2, -0.15) is 0 Å². The fourth-order valence-electron chi connectivity index (χ4n) is 1.69. The number of rotatable bonds is 5. The number of hydrogen-bond donors (Lipinski definition) is 2. The van der Waals surface area contributed by atoms with Crippen molar-refractivity contribution in [3.63, 3.8) is 0 Å². The zero-order valence-electron chi connectivity index (χ0n) is 11.9. The molecule has 0 aliphatic carbocycles. The fraction of sp³-hybridized carbons (Fsp3) is 0.412. The quantitative estimate of drug-likeness (QED) is 0.635. The third kappa shape index (κ3) is 6.42. The van der Waals surface area contributed by atoms with E-state index >= 15 is 0 Å². The van der Waals surface area contributed by atoms with E-state index in [9.17, 15) is 10.2 Å². The first-order valence-electron chi connectivity index (χ1n) is 6.87. The molecule has 1 aromatic rings. The van der Waals surface area contributed by atoms with E-state index in [0.717, 1.165) is 19.3 Å². The van der Waals surface area contributed by atoms with E-state index in [4.69, 9.17) is 23.2 Å². The van der Waals surface area contributed by atoms with Crippen molar-refractivity contribution in [1.82, 2.24) is 0 Å². The van der Waals surface area contributed by atoms with Crippen LogP contribution in [0.25, 0.3) is 0 Å². The summed E-state index contributed by atoms with van der Waals surface area (Å²) in [6, 6.07) is 4.98. The molecule has 2 nitrogen and oxygen atoms in total. The van der Waals surface area contributed by atoms with E-state index in [1.54, 1.807) is 18.2 Å². The number of halogens is 2. The smallest absolute Gasteiger partial charge is 0.142 e. The van der Waals surface area contributed by atoms with Crippen LogP contribution in [0, 0.1) is 23.7 Å². The second kappa shape index (κ2) is 9.72. The normalized spacial score (nSPS) is 12.6. The van der Waals surface area contributed by atoms with Crippen molar-refractivity contribution in [3.8, 4) is 23.7 Å². The molecular formula is C17H18Cl2O2. The highest BCUT2D eigenvalue weighted by molar-refractivity contribution is 6.42. The molecule has 2 N–H and O–H groups in total. The molecule has 1 aromatic carbocycles. The predicted molar refractivity (Wildman–Crippen MR) is 87.1 cm³/mol. The van der Waals surface area contributed by atoms with Gasteiger partial charge in [0.1, 0.15) is 12.2 Å². The van der Waals surface area contributed by atoms with Gasteiger partial charge < -0.3 is 10.2 Å². The van der Waals surface area contributed by atoms with E-state index in [0.29, 0.717) is 17.0 Å². The van der Waals surface area contributed by atoms with Gasteiger partial charge in [-0.1, -0.05) is 66.9 Å². The van der Waals surface area contributed by atoms with Gasteiger partial charge >= 0.3 is 0 Å². The van der Waals surface area contributed by atoms with E-state index < -0.39 is 12.2 Å². The predicted octanol–water partition coefficient (Wildman–Crippen LogP) is 3.97. The van der Waals surface area contributed by atoms with Crippen molar-refractivity contribution < 1.29 is 10.2 Å². The van der Waals surface area contributed by atoms with E-state index in [1.165, 1.54) is 0 Å². The van der Waals surface area contributed by atoms with Crippen LogP contribution >= 0.6 is 23.2 Å². The summed E-state index contributed by atoms with van der Waals surface area (Å²) in [6.45, 7) is 2.10. The molecule has 0 amide bonds. The standard InChI is InChI=1S/C17H18Cl2O2/c1-2-3-4-8-13(20)9-5-6-12-16(21)14-10-7-11-15(18)17(14)19/h7,10-11,13,16,20-21H,2-4,8H2,1H3. The van der Waals surface area contributed by atoms with Gasteiger partial charge in [0.05, 0.1) is 10.0 Å². The number of aliphatic hydroxyl groups is 2. The van der Waals surface area contributed by atoms with Crippen LogP contribution in [0.3, 0.4) is 0 Å². The average molecular weight is 325 g/mol.